The molecule has 5 heteroatoms. The normalized spacial score (nSPS) is 18.2. The zero-order valence-electron chi connectivity index (χ0n) is 14.5. The SMILES string of the molecule is Cn1cc([C@@H]2C[C@H]2C(=O)NN=C(c2ccccc2)c2ccccc2)cn1. The Balaban J connectivity index is 1.52. The first-order valence-electron chi connectivity index (χ1n) is 8.69. The summed E-state index contributed by atoms with van der Waals surface area (Å²) in [6.45, 7) is 0. The molecule has 1 saturated carbocycles. The number of rotatable bonds is 5. The van der Waals surface area contributed by atoms with Crippen LogP contribution in [0.2, 0.25) is 0 Å². The van der Waals surface area contributed by atoms with Crippen LogP contribution in [0.1, 0.15) is 29.0 Å². The molecule has 130 valence electrons. The summed E-state index contributed by atoms with van der Waals surface area (Å²) in [5.41, 5.74) is 6.59. The molecule has 4 rings (SSSR count). The van der Waals surface area contributed by atoms with Gasteiger partial charge >= 0.3 is 0 Å². The lowest BCUT2D eigenvalue weighted by molar-refractivity contribution is -0.122. The third-order valence-corrected chi connectivity index (χ3v) is 4.65. The van der Waals surface area contributed by atoms with E-state index in [2.05, 4.69) is 15.6 Å². The number of carbonyl (C=O) groups is 1. The number of carbonyl (C=O) groups excluding carboxylic acids is 1. The van der Waals surface area contributed by atoms with Crippen molar-refractivity contribution in [3.05, 3.63) is 89.7 Å². The number of hydrogen-bond acceptors (Lipinski definition) is 3. The molecule has 5 nitrogen and oxygen atoms in total. The Morgan fingerprint density at radius 3 is 2.23 bits per heavy atom. The molecule has 26 heavy (non-hydrogen) atoms. The van der Waals surface area contributed by atoms with Gasteiger partial charge in [-0.05, 0) is 17.9 Å². The van der Waals surface area contributed by atoms with Crippen LogP contribution in [-0.2, 0) is 11.8 Å². The van der Waals surface area contributed by atoms with E-state index in [9.17, 15) is 4.79 Å². The molecular formula is C21H20N4O. The smallest absolute Gasteiger partial charge is 0.243 e. The lowest BCUT2D eigenvalue weighted by Crippen LogP contribution is -2.22. The second-order valence-corrected chi connectivity index (χ2v) is 6.56. The summed E-state index contributed by atoms with van der Waals surface area (Å²) in [6.07, 6.45) is 4.65. The number of amides is 1. The second-order valence-electron chi connectivity index (χ2n) is 6.56. The minimum absolute atomic E-state index is 0.0317. The van der Waals surface area contributed by atoms with Gasteiger partial charge in [-0.2, -0.15) is 10.2 Å². The summed E-state index contributed by atoms with van der Waals surface area (Å²) >= 11 is 0. The summed E-state index contributed by atoms with van der Waals surface area (Å²) in [4.78, 5) is 12.5. The van der Waals surface area contributed by atoms with Crippen molar-refractivity contribution in [2.75, 3.05) is 0 Å². The Morgan fingerprint density at radius 1 is 1.08 bits per heavy atom. The molecule has 0 spiro atoms. The van der Waals surface area contributed by atoms with Crippen LogP contribution < -0.4 is 5.43 Å². The van der Waals surface area contributed by atoms with Gasteiger partial charge in [0.15, 0.2) is 0 Å². The van der Waals surface area contributed by atoms with Crippen molar-refractivity contribution in [1.82, 2.24) is 15.2 Å². The van der Waals surface area contributed by atoms with Gasteiger partial charge in [-0.1, -0.05) is 60.7 Å². The number of aromatic nitrogens is 2. The number of nitrogens with one attached hydrogen (secondary N) is 1. The van der Waals surface area contributed by atoms with E-state index in [-0.39, 0.29) is 17.7 Å². The molecule has 0 aliphatic heterocycles. The fourth-order valence-corrected chi connectivity index (χ4v) is 3.17. The summed E-state index contributed by atoms with van der Waals surface area (Å²) in [5, 5.41) is 8.64. The van der Waals surface area contributed by atoms with Crippen molar-refractivity contribution in [2.24, 2.45) is 18.1 Å². The summed E-state index contributed by atoms with van der Waals surface area (Å²) in [5.74, 6) is 0.176. The third-order valence-electron chi connectivity index (χ3n) is 4.65. The quantitative estimate of drug-likeness (QED) is 0.571. The molecule has 1 aliphatic carbocycles. The van der Waals surface area contributed by atoms with Crippen LogP contribution in [0, 0.1) is 5.92 Å². The van der Waals surface area contributed by atoms with E-state index in [1.807, 2.05) is 80.1 Å². The number of hydrazone groups is 1. The molecule has 2 aromatic carbocycles. The molecule has 1 amide bonds. The highest BCUT2D eigenvalue weighted by Gasteiger charge is 2.44. The van der Waals surface area contributed by atoms with E-state index in [0.717, 1.165) is 28.8 Å². The Morgan fingerprint density at radius 2 is 1.69 bits per heavy atom. The van der Waals surface area contributed by atoms with E-state index in [1.54, 1.807) is 4.68 Å². The Labute approximate surface area is 152 Å². The van der Waals surface area contributed by atoms with Crippen molar-refractivity contribution in [1.29, 1.82) is 0 Å². The standard InChI is InChI=1S/C21H20N4O/c1-25-14-17(13-22-25)18-12-19(18)21(26)24-23-20(15-8-4-2-5-9-15)16-10-6-3-7-11-16/h2-11,13-14,18-19H,12H2,1H3,(H,24,26)/t18-,19+/m0/s1. The van der Waals surface area contributed by atoms with Gasteiger partial charge in [0.05, 0.1) is 11.9 Å². The number of hydrogen-bond donors (Lipinski definition) is 1. The molecule has 1 heterocycles. The minimum atomic E-state index is -0.0387. The molecule has 0 unspecified atom stereocenters. The van der Waals surface area contributed by atoms with Gasteiger partial charge in [0.1, 0.15) is 0 Å². The zero-order chi connectivity index (χ0) is 17.9. The monoisotopic (exact) mass is 344 g/mol. The molecule has 3 aromatic rings. The largest absolute Gasteiger partial charge is 0.276 e. The molecule has 0 saturated heterocycles. The number of benzene rings is 2. The van der Waals surface area contributed by atoms with E-state index in [0.29, 0.717) is 0 Å². The van der Waals surface area contributed by atoms with E-state index < -0.39 is 0 Å². The molecule has 1 aliphatic rings. The summed E-state index contributed by atoms with van der Waals surface area (Å²) < 4.78 is 1.77. The molecule has 1 N–H and O–H groups in total. The maximum absolute atomic E-state index is 12.5. The van der Waals surface area contributed by atoms with Crippen molar-refractivity contribution >= 4 is 11.6 Å². The Kier molecular flexibility index (Phi) is 4.35. The Bertz CT molecular complexity index is 889. The molecule has 1 aromatic heterocycles. The summed E-state index contributed by atoms with van der Waals surface area (Å²) in [6, 6.07) is 19.8. The van der Waals surface area contributed by atoms with Gasteiger partial charge in [-0.25, -0.2) is 5.43 Å². The van der Waals surface area contributed by atoms with E-state index in [1.165, 1.54) is 0 Å². The molecule has 0 bridgehead atoms. The third kappa shape index (κ3) is 3.42. The highest BCUT2D eigenvalue weighted by Crippen LogP contribution is 2.47. The van der Waals surface area contributed by atoms with Gasteiger partial charge in [-0.15, -0.1) is 0 Å². The maximum atomic E-state index is 12.5. The average molecular weight is 344 g/mol. The lowest BCUT2D eigenvalue weighted by atomic mass is 10.0. The van der Waals surface area contributed by atoms with Crippen molar-refractivity contribution in [2.45, 2.75) is 12.3 Å². The van der Waals surface area contributed by atoms with Gasteiger partial charge < -0.3 is 0 Å². The second kappa shape index (κ2) is 6.96. The van der Waals surface area contributed by atoms with Crippen LogP contribution in [0.5, 0.6) is 0 Å². The molecule has 1 fully saturated rings. The van der Waals surface area contributed by atoms with Gasteiger partial charge in [0.2, 0.25) is 5.91 Å². The molecule has 0 radical (unpaired) electrons. The molecular weight excluding hydrogens is 324 g/mol. The molecule has 2 atom stereocenters. The van der Waals surface area contributed by atoms with Crippen molar-refractivity contribution in [3.8, 4) is 0 Å². The van der Waals surface area contributed by atoms with Gasteiger partial charge in [-0.3, -0.25) is 9.48 Å². The van der Waals surface area contributed by atoms with Crippen LogP contribution in [0.15, 0.2) is 78.2 Å². The number of nitrogens with zero attached hydrogens (tertiary/aromatic N) is 3. The average Bonchev–Trinajstić information content (AvgIpc) is 3.37. The van der Waals surface area contributed by atoms with E-state index in [4.69, 9.17) is 0 Å². The predicted octanol–water partition coefficient (Wildman–Crippen LogP) is 3.09. The van der Waals surface area contributed by atoms with Crippen LogP contribution in [-0.4, -0.2) is 21.4 Å². The lowest BCUT2D eigenvalue weighted by Gasteiger charge is -2.08. The summed E-state index contributed by atoms with van der Waals surface area (Å²) in [7, 11) is 1.89. The fraction of sp³-hybridized carbons (Fsp3) is 0.190. The van der Waals surface area contributed by atoms with Crippen LogP contribution in [0.3, 0.4) is 0 Å². The van der Waals surface area contributed by atoms with Crippen molar-refractivity contribution < 1.29 is 4.79 Å². The zero-order valence-corrected chi connectivity index (χ0v) is 14.5. The first-order chi connectivity index (χ1) is 12.7. The highest BCUT2D eigenvalue weighted by atomic mass is 16.2. The van der Waals surface area contributed by atoms with Crippen molar-refractivity contribution in [3.63, 3.8) is 0 Å². The number of aryl methyl sites for hydroxylation is 1. The van der Waals surface area contributed by atoms with Gasteiger partial charge in [0, 0.05) is 30.3 Å². The van der Waals surface area contributed by atoms with Crippen LogP contribution in [0.25, 0.3) is 0 Å². The Hall–Kier alpha value is -3.21. The topological polar surface area (TPSA) is 59.3 Å². The van der Waals surface area contributed by atoms with E-state index >= 15 is 0 Å². The highest BCUT2D eigenvalue weighted by molar-refractivity contribution is 6.13. The first-order valence-corrected chi connectivity index (χ1v) is 8.69. The maximum Gasteiger partial charge on any atom is 0.243 e. The van der Waals surface area contributed by atoms with Gasteiger partial charge in [0.25, 0.3) is 0 Å². The predicted molar refractivity (Wildman–Crippen MR) is 101 cm³/mol. The van der Waals surface area contributed by atoms with Crippen LogP contribution >= 0.6 is 0 Å². The minimum Gasteiger partial charge on any atom is -0.276 e. The fourth-order valence-electron chi connectivity index (χ4n) is 3.17. The van der Waals surface area contributed by atoms with Crippen LogP contribution in [0.4, 0.5) is 0 Å². The first kappa shape index (κ1) is 16.3.